The summed E-state index contributed by atoms with van der Waals surface area (Å²) >= 11 is 0. The summed E-state index contributed by atoms with van der Waals surface area (Å²) in [5, 5.41) is 6.68. The maximum Gasteiger partial charge on any atom is 0.220 e. The Morgan fingerprint density at radius 1 is 1.23 bits per heavy atom. The Morgan fingerprint density at radius 2 is 1.97 bits per heavy atom. The Balaban J connectivity index is 0.00000341. The van der Waals surface area contributed by atoms with Crippen LogP contribution in [0.25, 0.3) is 0 Å². The first kappa shape index (κ1) is 24.7. The molecule has 9 heteroatoms. The molecule has 0 radical (unpaired) electrons. The van der Waals surface area contributed by atoms with Crippen LogP contribution in [0.5, 0.6) is 5.75 Å². The number of piperidine rings is 1. The van der Waals surface area contributed by atoms with Crippen LogP contribution >= 0.6 is 24.0 Å². The number of methoxy groups -OCH3 is 1. The number of carbonyl (C=O) groups excluding carboxylic acids is 1. The van der Waals surface area contributed by atoms with Crippen LogP contribution in [-0.2, 0) is 17.9 Å². The minimum absolute atomic E-state index is 0. The van der Waals surface area contributed by atoms with E-state index >= 15 is 0 Å². The third-order valence-corrected chi connectivity index (χ3v) is 5.33. The summed E-state index contributed by atoms with van der Waals surface area (Å²) < 4.78 is 5.27. The van der Waals surface area contributed by atoms with Gasteiger partial charge >= 0.3 is 0 Å². The number of nitrogens with two attached hydrogens (primary N) is 1. The van der Waals surface area contributed by atoms with Crippen molar-refractivity contribution in [2.24, 2.45) is 16.6 Å². The number of anilines is 1. The highest BCUT2D eigenvalue weighted by molar-refractivity contribution is 14.0. The van der Waals surface area contributed by atoms with Gasteiger partial charge in [-0.2, -0.15) is 0 Å². The van der Waals surface area contributed by atoms with E-state index < -0.39 is 0 Å². The lowest BCUT2D eigenvalue weighted by molar-refractivity contribution is -0.122. The molecule has 0 spiro atoms. The molecule has 0 unspecified atom stereocenters. The van der Waals surface area contributed by atoms with Crippen LogP contribution < -0.4 is 26.0 Å². The Morgan fingerprint density at radius 3 is 2.65 bits per heavy atom. The fraction of sp³-hybridized carbons (Fsp3) is 0.409. The Labute approximate surface area is 200 Å². The summed E-state index contributed by atoms with van der Waals surface area (Å²) in [5.74, 6) is 2.24. The predicted octanol–water partition coefficient (Wildman–Crippen LogP) is 2.28. The largest absolute Gasteiger partial charge is 0.497 e. The third kappa shape index (κ3) is 6.98. The number of guanidine groups is 1. The van der Waals surface area contributed by atoms with Gasteiger partial charge in [0.05, 0.1) is 7.11 Å². The second kappa shape index (κ2) is 12.3. The number of carbonyl (C=O) groups is 1. The zero-order valence-corrected chi connectivity index (χ0v) is 20.3. The monoisotopic (exact) mass is 538 g/mol. The molecule has 1 saturated heterocycles. The number of halogens is 1. The van der Waals surface area contributed by atoms with Crippen molar-refractivity contribution in [1.82, 2.24) is 15.6 Å². The number of hydrogen-bond acceptors (Lipinski definition) is 5. The first-order valence-electron chi connectivity index (χ1n) is 10.2. The SMILES string of the molecule is CN=C(NCc1cccc(OC)c1)NCc1cccnc1N1CCC(C(N)=O)CC1.I. The van der Waals surface area contributed by atoms with Crippen molar-refractivity contribution in [2.75, 3.05) is 32.1 Å². The lowest BCUT2D eigenvalue weighted by Gasteiger charge is -2.32. The number of primary amides is 1. The molecular formula is C22H31IN6O2. The van der Waals surface area contributed by atoms with Gasteiger partial charge in [0.15, 0.2) is 5.96 Å². The smallest absolute Gasteiger partial charge is 0.220 e. The number of amides is 1. The van der Waals surface area contributed by atoms with Crippen molar-refractivity contribution in [3.8, 4) is 5.75 Å². The molecule has 1 amide bonds. The Hall–Kier alpha value is -2.56. The summed E-state index contributed by atoms with van der Waals surface area (Å²) in [4.78, 5) is 22.5. The predicted molar refractivity (Wildman–Crippen MR) is 134 cm³/mol. The van der Waals surface area contributed by atoms with E-state index in [1.807, 2.05) is 30.3 Å². The molecule has 0 atom stereocenters. The molecule has 0 bridgehead atoms. The number of nitrogens with zero attached hydrogens (tertiary/aromatic N) is 3. The molecule has 8 nitrogen and oxygen atoms in total. The highest BCUT2D eigenvalue weighted by Crippen LogP contribution is 2.24. The topological polar surface area (TPSA) is 105 Å². The quantitative estimate of drug-likeness (QED) is 0.284. The molecule has 1 fully saturated rings. The number of aliphatic imine (C=N–C) groups is 1. The van der Waals surface area contributed by atoms with Gasteiger partial charge in [-0.15, -0.1) is 24.0 Å². The van der Waals surface area contributed by atoms with Gasteiger partial charge in [-0.05, 0) is 36.6 Å². The van der Waals surface area contributed by atoms with Gasteiger partial charge in [0.2, 0.25) is 5.91 Å². The van der Waals surface area contributed by atoms with Crippen LogP contribution in [0, 0.1) is 5.92 Å². The Bertz CT molecular complexity index is 884. The third-order valence-electron chi connectivity index (χ3n) is 5.33. The summed E-state index contributed by atoms with van der Waals surface area (Å²) in [6.45, 7) is 2.79. The molecule has 0 saturated carbocycles. The minimum atomic E-state index is -0.205. The van der Waals surface area contributed by atoms with E-state index in [1.54, 1.807) is 20.4 Å². The minimum Gasteiger partial charge on any atom is -0.497 e. The van der Waals surface area contributed by atoms with Crippen molar-refractivity contribution in [3.05, 3.63) is 53.7 Å². The zero-order chi connectivity index (χ0) is 21.3. The molecule has 31 heavy (non-hydrogen) atoms. The normalized spacial score (nSPS) is 14.5. The lowest BCUT2D eigenvalue weighted by Crippen LogP contribution is -2.40. The number of rotatable bonds is 7. The highest BCUT2D eigenvalue weighted by Gasteiger charge is 2.24. The Kier molecular flexibility index (Phi) is 9.83. The van der Waals surface area contributed by atoms with Crippen molar-refractivity contribution >= 4 is 41.7 Å². The summed E-state index contributed by atoms with van der Waals surface area (Å²) in [6, 6.07) is 11.9. The molecule has 1 aliphatic rings. The fourth-order valence-corrected chi connectivity index (χ4v) is 3.60. The molecule has 4 N–H and O–H groups in total. The van der Waals surface area contributed by atoms with Crippen molar-refractivity contribution in [3.63, 3.8) is 0 Å². The molecular weight excluding hydrogens is 507 g/mol. The average molecular weight is 538 g/mol. The van der Waals surface area contributed by atoms with Gasteiger partial charge in [-0.3, -0.25) is 9.79 Å². The first-order chi connectivity index (χ1) is 14.6. The maximum atomic E-state index is 11.4. The summed E-state index contributed by atoms with van der Waals surface area (Å²) in [5.41, 5.74) is 7.64. The van der Waals surface area contributed by atoms with Crippen molar-refractivity contribution in [2.45, 2.75) is 25.9 Å². The van der Waals surface area contributed by atoms with E-state index in [4.69, 9.17) is 10.5 Å². The molecule has 1 aromatic carbocycles. The van der Waals surface area contributed by atoms with Gasteiger partial charge < -0.3 is 26.0 Å². The number of hydrogen-bond donors (Lipinski definition) is 3. The van der Waals surface area contributed by atoms with E-state index in [-0.39, 0.29) is 35.8 Å². The van der Waals surface area contributed by atoms with Crippen LogP contribution in [0.2, 0.25) is 0 Å². The van der Waals surface area contributed by atoms with E-state index in [2.05, 4.69) is 31.6 Å². The number of ether oxygens (including phenoxy) is 1. The van der Waals surface area contributed by atoms with E-state index in [0.717, 1.165) is 48.6 Å². The molecule has 3 rings (SSSR count). The molecule has 2 aromatic rings. The molecule has 2 heterocycles. The molecule has 0 aliphatic carbocycles. The number of benzene rings is 1. The molecule has 168 valence electrons. The molecule has 1 aliphatic heterocycles. The fourth-order valence-electron chi connectivity index (χ4n) is 3.60. The van der Waals surface area contributed by atoms with E-state index in [1.165, 1.54) is 0 Å². The average Bonchev–Trinajstić information content (AvgIpc) is 2.79. The van der Waals surface area contributed by atoms with Gasteiger partial charge in [-0.25, -0.2) is 4.98 Å². The first-order valence-corrected chi connectivity index (χ1v) is 10.2. The highest BCUT2D eigenvalue weighted by atomic mass is 127. The van der Waals surface area contributed by atoms with Gasteiger partial charge in [0.1, 0.15) is 11.6 Å². The maximum absolute atomic E-state index is 11.4. The zero-order valence-electron chi connectivity index (χ0n) is 18.0. The number of pyridine rings is 1. The summed E-state index contributed by atoms with van der Waals surface area (Å²) in [7, 11) is 3.41. The number of aromatic nitrogens is 1. The van der Waals surface area contributed by atoms with Gasteiger partial charge in [-0.1, -0.05) is 18.2 Å². The van der Waals surface area contributed by atoms with Crippen molar-refractivity contribution < 1.29 is 9.53 Å². The van der Waals surface area contributed by atoms with Crippen LogP contribution in [0.1, 0.15) is 24.0 Å². The van der Waals surface area contributed by atoms with Gasteiger partial charge in [0, 0.05) is 50.9 Å². The van der Waals surface area contributed by atoms with Crippen LogP contribution in [0.15, 0.2) is 47.6 Å². The van der Waals surface area contributed by atoms with E-state index in [9.17, 15) is 4.79 Å². The van der Waals surface area contributed by atoms with Crippen molar-refractivity contribution in [1.29, 1.82) is 0 Å². The number of nitrogens with one attached hydrogen (secondary N) is 2. The van der Waals surface area contributed by atoms with Crippen LogP contribution in [0.3, 0.4) is 0 Å². The van der Waals surface area contributed by atoms with Crippen LogP contribution in [-0.4, -0.2) is 44.1 Å². The van der Waals surface area contributed by atoms with E-state index in [0.29, 0.717) is 19.0 Å². The second-order valence-corrected chi connectivity index (χ2v) is 7.28. The molecule has 1 aromatic heterocycles. The van der Waals surface area contributed by atoms with Gasteiger partial charge in [0.25, 0.3) is 0 Å². The van der Waals surface area contributed by atoms with Crippen LogP contribution in [0.4, 0.5) is 5.82 Å². The lowest BCUT2D eigenvalue weighted by atomic mass is 9.96. The standard InChI is InChI=1S/C22H30N6O2.HI/c1-24-22(26-14-16-5-3-7-19(13-16)30-2)27-15-18-6-4-10-25-21(18)28-11-8-17(9-12-28)20(23)29;/h3-7,10,13,17H,8-9,11-12,14-15H2,1-2H3,(H2,23,29)(H2,24,26,27);1H. The second-order valence-electron chi connectivity index (χ2n) is 7.28. The summed E-state index contributed by atoms with van der Waals surface area (Å²) in [6.07, 6.45) is 3.33.